The van der Waals surface area contributed by atoms with Crippen molar-refractivity contribution in [3.63, 3.8) is 0 Å². The second-order valence-electron chi connectivity index (χ2n) is 6.65. The third-order valence-electron chi connectivity index (χ3n) is 5.17. The van der Waals surface area contributed by atoms with Crippen molar-refractivity contribution in [3.8, 4) is 0 Å². The van der Waals surface area contributed by atoms with Crippen molar-refractivity contribution >= 4 is 0 Å². The molecule has 0 radical (unpaired) electrons. The number of halogens is 1. The average Bonchev–Trinajstić information content (AvgIpc) is 2.88. The molecule has 136 valence electrons. The Morgan fingerprint density at radius 1 is 1.32 bits per heavy atom. The van der Waals surface area contributed by atoms with Gasteiger partial charge in [0.25, 0.3) is 0 Å². The Balaban J connectivity index is 1.85. The van der Waals surface area contributed by atoms with Crippen LogP contribution in [0.4, 0.5) is 4.39 Å². The third-order valence-corrected chi connectivity index (χ3v) is 5.17. The minimum Gasteiger partial charge on any atom is -0.394 e. The molecule has 0 spiro atoms. The summed E-state index contributed by atoms with van der Waals surface area (Å²) in [4.78, 5) is 0. The second kappa shape index (κ2) is 7.64. The van der Waals surface area contributed by atoms with Crippen molar-refractivity contribution in [1.82, 2.24) is 15.1 Å². The van der Waals surface area contributed by atoms with Gasteiger partial charge in [-0.05, 0) is 44.4 Å². The number of aliphatic hydroxyl groups is 1. The lowest BCUT2D eigenvalue weighted by molar-refractivity contribution is 0.0356. The van der Waals surface area contributed by atoms with Gasteiger partial charge in [-0.3, -0.25) is 4.68 Å². The van der Waals surface area contributed by atoms with Crippen LogP contribution in [0.25, 0.3) is 0 Å². The number of hydrogen-bond donors (Lipinski definition) is 2. The molecule has 0 unspecified atom stereocenters. The van der Waals surface area contributed by atoms with Crippen LogP contribution in [-0.4, -0.2) is 34.7 Å². The normalized spacial score (nSPS) is 17.0. The summed E-state index contributed by atoms with van der Waals surface area (Å²) in [6.07, 6.45) is 1.61. The molecule has 1 aliphatic rings. The summed E-state index contributed by atoms with van der Waals surface area (Å²) < 4.78 is 21.1. The first-order valence-corrected chi connectivity index (χ1v) is 8.78. The van der Waals surface area contributed by atoms with E-state index >= 15 is 0 Å². The molecule has 1 aromatic heterocycles. The number of benzene rings is 1. The van der Waals surface area contributed by atoms with Crippen molar-refractivity contribution < 1.29 is 14.2 Å². The maximum Gasteiger partial charge on any atom is 0.123 e. The number of aliphatic hydroxyl groups excluding tert-OH is 1. The van der Waals surface area contributed by atoms with E-state index in [-0.39, 0.29) is 18.0 Å². The van der Waals surface area contributed by atoms with E-state index < -0.39 is 0 Å². The van der Waals surface area contributed by atoms with Crippen molar-refractivity contribution in [2.45, 2.75) is 45.3 Å². The molecule has 5 nitrogen and oxygen atoms in total. The number of hydrogen-bond acceptors (Lipinski definition) is 4. The Morgan fingerprint density at radius 2 is 2.08 bits per heavy atom. The fraction of sp³-hybridized carbons (Fsp3) is 0.526. The maximum absolute atomic E-state index is 13.8. The molecule has 6 heteroatoms. The molecule has 1 aromatic carbocycles. The second-order valence-corrected chi connectivity index (χ2v) is 6.65. The van der Waals surface area contributed by atoms with Gasteiger partial charge in [0.05, 0.1) is 18.8 Å². The molecular weight excluding hydrogens is 321 g/mol. The minimum absolute atomic E-state index is 0.0688. The van der Waals surface area contributed by atoms with Crippen molar-refractivity contribution in [2.24, 2.45) is 0 Å². The lowest BCUT2D eigenvalue weighted by Crippen LogP contribution is -2.46. The van der Waals surface area contributed by atoms with Gasteiger partial charge >= 0.3 is 0 Å². The van der Waals surface area contributed by atoms with Crippen LogP contribution in [0.5, 0.6) is 0 Å². The molecule has 1 fully saturated rings. The molecular formula is C19H26FN3O2. The van der Waals surface area contributed by atoms with Gasteiger partial charge in [0.2, 0.25) is 0 Å². The predicted molar refractivity (Wildman–Crippen MR) is 93.8 cm³/mol. The molecule has 25 heavy (non-hydrogen) atoms. The topological polar surface area (TPSA) is 59.3 Å². The first-order valence-electron chi connectivity index (χ1n) is 8.78. The van der Waals surface area contributed by atoms with Crippen molar-refractivity contribution in [2.75, 3.05) is 19.8 Å². The highest BCUT2D eigenvalue weighted by molar-refractivity contribution is 5.28. The Bertz CT molecular complexity index is 723. The Hall–Kier alpha value is -1.76. The van der Waals surface area contributed by atoms with E-state index in [1.54, 1.807) is 12.1 Å². The summed E-state index contributed by atoms with van der Waals surface area (Å²) in [7, 11) is 0. The van der Waals surface area contributed by atoms with E-state index in [1.807, 2.05) is 24.6 Å². The van der Waals surface area contributed by atoms with Gasteiger partial charge in [0.15, 0.2) is 0 Å². The fourth-order valence-electron chi connectivity index (χ4n) is 3.63. The van der Waals surface area contributed by atoms with Gasteiger partial charge in [-0.25, -0.2) is 4.39 Å². The van der Waals surface area contributed by atoms with Crippen molar-refractivity contribution in [3.05, 3.63) is 52.6 Å². The SMILES string of the molecule is Cc1nn(CCO)c(C)c1CNC1(c2cccc(F)c2)CCOCC1. The number of nitrogens with zero attached hydrogens (tertiary/aromatic N) is 2. The molecule has 0 bridgehead atoms. The largest absolute Gasteiger partial charge is 0.394 e. The van der Waals surface area contributed by atoms with Gasteiger partial charge in [0, 0.05) is 36.6 Å². The lowest BCUT2D eigenvalue weighted by Gasteiger charge is -2.39. The molecule has 0 amide bonds. The zero-order valence-corrected chi connectivity index (χ0v) is 14.9. The number of rotatable bonds is 6. The number of ether oxygens (including phenoxy) is 1. The zero-order chi connectivity index (χ0) is 17.9. The van der Waals surface area contributed by atoms with Crippen LogP contribution in [0.1, 0.15) is 35.4 Å². The molecule has 1 aliphatic heterocycles. The van der Waals surface area contributed by atoms with Crippen LogP contribution in [0.15, 0.2) is 24.3 Å². The lowest BCUT2D eigenvalue weighted by atomic mass is 9.82. The van der Waals surface area contributed by atoms with Gasteiger partial charge in [-0.2, -0.15) is 5.10 Å². The van der Waals surface area contributed by atoms with Crippen LogP contribution in [0.3, 0.4) is 0 Å². The summed E-state index contributed by atoms with van der Waals surface area (Å²) in [5, 5.41) is 17.3. The summed E-state index contributed by atoms with van der Waals surface area (Å²) in [5.41, 5.74) is 3.82. The first-order chi connectivity index (χ1) is 12.1. The quantitative estimate of drug-likeness (QED) is 0.843. The summed E-state index contributed by atoms with van der Waals surface area (Å²) in [6, 6.07) is 6.84. The van der Waals surface area contributed by atoms with E-state index in [0.717, 1.165) is 35.4 Å². The minimum atomic E-state index is -0.293. The van der Waals surface area contributed by atoms with E-state index in [0.29, 0.717) is 26.3 Å². The van der Waals surface area contributed by atoms with Gasteiger partial charge in [-0.1, -0.05) is 12.1 Å². The van der Waals surface area contributed by atoms with E-state index in [9.17, 15) is 4.39 Å². The van der Waals surface area contributed by atoms with E-state index in [2.05, 4.69) is 10.4 Å². The Morgan fingerprint density at radius 3 is 2.76 bits per heavy atom. The smallest absolute Gasteiger partial charge is 0.123 e. The monoisotopic (exact) mass is 347 g/mol. The number of aryl methyl sites for hydroxylation is 1. The average molecular weight is 347 g/mol. The molecule has 0 atom stereocenters. The highest BCUT2D eigenvalue weighted by atomic mass is 19.1. The molecule has 2 N–H and O–H groups in total. The standard InChI is InChI=1S/C19H26FN3O2/c1-14-18(15(2)23(22-14)8-9-24)13-21-19(6-10-25-11-7-19)16-4-3-5-17(20)12-16/h3-5,12,21,24H,6-11,13H2,1-2H3. The van der Waals surface area contributed by atoms with Crippen molar-refractivity contribution in [1.29, 1.82) is 0 Å². The highest BCUT2D eigenvalue weighted by Gasteiger charge is 2.34. The van der Waals surface area contributed by atoms with E-state index in [1.165, 1.54) is 6.07 Å². The summed E-state index contributed by atoms with van der Waals surface area (Å²) >= 11 is 0. The zero-order valence-electron chi connectivity index (χ0n) is 14.9. The Kier molecular flexibility index (Phi) is 5.51. The highest BCUT2D eigenvalue weighted by Crippen LogP contribution is 2.33. The fourth-order valence-corrected chi connectivity index (χ4v) is 3.63. The number of nitrogens with one attached hydrogen (secondary N) is 1. The van der Waals surface area contributed by atoms with Crippen LogP contribution >= 0.6 is 0 Å². The van der Waals surface area contributed by atoms with Crippen LogP contribution < -0.4 is 5.32 Å². The van der Waals surface area contributed by atoms with Crippen LogP contribution in [0.2, 0.25) is 0 Å². The summed E-state index contributed by atoms with van der Waals surface area (Å²) in [6.45, 7) is 6.54. The van der Waals surface area contributed by atoms with Crippen LogP contribution in [-0.2, 0) is 23.4 Å². The maximum atomic E-state index is 13.8. The number of aromatic nitrogens is 2. The molecule has 2 aromatic rings. The van der Waals surface area contributed by atoms with E-state index in [4.69, 9.17) is 9.84 Å². The third kappa shape index (κ3) is 3.76. The Labute approximate surface area is 147 Å². The van der Waals surface area contributed by atoms with Gasteiger partial charge < -0.3 is 15.2 Å². The van der Waals surface area contributed by atoms with Gasteiger partial charge in [-0.15, -0.1) is 0 Å². The predicted octanol–water partition coefficient (Wildman–Crippen LogP) is 2.43. The molecule has 1 saturated heterocycles. The summed E-state index contributed by atoms with van der Waals surface area (Å²) in [5.74, 6) is -0.215. The molecule has 0 aliphatic carbocycles. The van der Waals surface area contributed by atoms with Gasteiger partial charge in [0.1, 0.15) is 5.82 Å². The molecule has 3 rings (SSSR count). The molecule has 2 heterocycles. The molecule has 0 saturated carbocycles. The first kappa shape index (κ1) is 18.0. The van der Waals surface area contributed by atoms with Crippen LogP contribution in [0, 0.1) is 19.7 Å².